The summed E-state index contributed by atoms with van der Waals surface area (Å²) < 4.78 is 49.2. The second kappa shape index (κ2) is 5.60. The van der Waals surface area contributed by atoms with E-state index in [1.165, 1.54) is 6.20 Å². The number of aromatic nitrogens is 1. The Morgan fingerprint density at radius 2 is 1.90 bits per heavy atom. The van der Waals surface area contributed by atoms with Crippen molar-refractivity contribution in [3.8, 4) is 0 Å². The Kier molecular flexibility index (Phi) is 4.19. The zero-order valence-corrected chi connectivity index (χ0v) is 12.5. The first-order valence-electron chi connectivity index (χ1n) is 6.10. The molecule has 10 heteroatoms. The number of sulfonamides is 1. The van der Waals surface area contributed by atoms with Crippen LogP contribution in [0.4, 0.5) is 5.69 Å². The predicted molar refractivity (Wildman–Crippen MR) is 75.4 cm³/mol. The molecule has 2 rings (SSSR count). The Morgan fingerprint density at radius 1 is 1.29 bits per heavy atom. The van der Waals surface area contributed by atoms with Crippen LogP contribution < -0.4 is 4.72 Å². The molecule has 0 amide bonds. The fourth-order valence-corrected chi connectivity index (χ4v) is 5.29. The van der Waals surface area contributed by atoms with Crippen LogP contribution in [-0.2, 0) is 19.9 Å². The molecule has 1 aromatic rings. The quantitative estimate of drug-likeness (QED) is 0.798. The lowest BCUT2D eigenvalue weighted by atomic mass is 10.2. The average molecular weight is 334 g/mol. The Morgan fingerprint density at radius 3 is 2.48 bits per heavy atom. The van der Waals surface area contributed by atoms with Crippen molar-refractivity contribution in [1.82, 2.24) is 4.98 Å². The summed E-state index contributed by atoms with van der Waals surface area (Å²) in [6.45, 7) is 0. The molecule has 0 atom stereocenters. The standard InChI is InChI=1S/C11H14N2O6S2/c14-11(15)8-5-9(7-12-6-8)13-21(18,19)10-1-3-20(16,17)4-2-10/h5-7,10,13H,1-4H2,(H,14,15). The van der Waals surface area contributed by atoms with E-state index < -0.39 is 31.1 Å². The summed E-state index contributed by atoms with van der Waals surface area (Å²) in [7, 11) is -6.93. The molecular formula is C11H14N2O6S2. The largest absolute Gasteiger partial charge is 0.478 e. The first kappa shape index (κ1) is 15.7. The van der Waals surface area contributed by atoms with Crippen molar-refractivity contribution in [2.75, 3.05) is 16.2 Å². The Bertz CT molecular complexity index is 743. The van der Waals surface area contributed by atoms with E-state index in [0.717, 1.165) is 12.3 Å². The van der Waals surface area contributed by atoms with Crippen LogP contribution in [0.3, 0.4) is 0 Å². The van der Waals surface area contributed by atoms with Gasteiger partial charge >= 0.3 is 5.97 Å². The van der Waals surface area contributed by atoms with Gasteiger partial charge in [0.25, 0.3) is 0 Å². The van der Waals surface area contributed by atoms with Crippen LogP contribution in [0.1, 0.15) is 23.2 Å². The summed E-state index contributed by atoms with van der Waals surface area (Å²) >= 11 is 0. The van der Waals surface area contributed by atoms with Crippen LogP contribution in [0.5, 0.6) is 0 Å². The van der Waals surface area contributed by atoms with Crippen LogP contribution in [0, 0.1) is 0 Å². The summed E-state index contributed by atoms with van der Waals surface area (Å²) in [5.41, 5.74) is -0.0928. The van der Waals surface area contributed by atoms with Crippen molar-refractivity contribution in [3.05, 3.63) is 24.0 Å². The summed E-state index contributed by atoms with van der Waals surface area (Å²) in [5, 5.41) is 8.02. The van der Waals surface area contributed by atoms with E-state index in [1.807, 2.05) is 0 Å². The molecule has 1 aliphatic heterocycles. The first-order chi connectivity index (χ1) is 9.70. The van der Waals surface area contributed by atoms with Crippen molar-refractivity contribution >= 4 is 31.5 Å². The molecule has 0 aliphatic carbocycles. The molecular weight excluding hydrogens is 320 g/mol. The number of nitrogens with zero attached hydrogens (tertiary/aromatic N) is 1. The monoisotopic (exact) mass is 334 g/mol. The van der Waals surface area contributed by atoms with E-state index in [2.05, 4.69) is 9.71 Å². The van der Waals surface area contributed by atoms with Crippen molar-refractivity contribution < 1.29 is 26.7 Å². The Labute approximate surface area is 122 Å². The van der Waals surface area contributed by atoms with Crippen LogP contribution in [0.2, 0.25) is 0 Å². The SMILES string of the molecule is O=C(O)c1cncc(NS(=O)(=O)C2CCS(=O)(=O)CC2)c1. The maximum Gasteiger partial charge on any atom is 0.337 e. The fourth-order valence-electron chi connectivity index (χ4n) is 2.04. The van der Waals surface area contributed by atoms with Gasteiger partial charge in [-0.15, -0.1) is 0 Å². The van der Waals surface area contributed by atoms with Crippen molar-refractivity contribution in [3.63, 3.8) is 0 Å². The van der Waals surface area contributed by atoms with Crippen molar-refractivity contribution in [1.29, 1.82) is 0 Å². The van der Waals surface area contributed by atoms with Gasteiger partial charge in [-0.3, -0.25) is 9.71 Å². The number of carboxylic acid groups (broad SMARTS) is 1. The van der Waals surface area contributed by atoms with Crippen LogP contribution in [-0.4, -0.2) is 49.7 Å². The molecule has 1 saturated heterocycles. The van der Waals surface area contributed by atoms with Gasteiger partial charge in [0.2, 0.25) is 10.0 Å². The third-order valence-corrected chi connectivity index (χ3v) is 6.77. The zero-order valence-electron chi connectivity index (χ0n) is 10.9. The number of carboxylic acids is 1. The lowest BCUT2D eigenvalue weighted by Crippen LogP contribution is -2.36. The highest BCUT2D eigenvalue weighted by atomic mass is 32.2. The summed E-state index contributed by atoms with van der Waals surface area (Å²) in [5.74, 6) is -1.54. The van der Waals surface area contributed by atoms with Gasteiger partial charge in [-0.2, -0.15) is 0 Å². The minimum absolute atomic E-state index is 0.0315. The highest BCUT2D eigenvalue weighted by Gasteiger charge is 2.32. The van der Waals surface area contributed by atoms with E-state index in [1.54, 1.807) is 0 Å². The molecule has 21 heavy (non-hydrogen) atoms. The molecule has 0 spiro atoms. The fraction of sp³-hybridized carbons (Fsp3) is 0.455. The number of nitrogens with one attached hydrogen (secondary N) is 1. The molecule has 0 radical (unpaired) electrons. The smallest absolute Gasteiger partial charge is 0.337 e. The first-order valence-corrected chi connectivity index (χ1v) is 9.47. The topological polar surface area (TPSA) is 130 Å². The number of hydrogen-bond acceptors (Lipinski definition) is 6. The molecule has 8 nitrogen and oxygen atoms in total. The maximum atomic E-state index is 12.2. The van der Waals surface area contributed by atoms with E-state index in [9.17, 15) is 21.6 Å². The Balaban J connectivity index is 2.15. The number of carbonyl (C=O) groups is 1. The van der Waals surface area contributed by atoms with Gasteiger partial charge < -0.3 is 5.11 Å². The summed E-state index contributed by atoms with van der Waals surface area (Å²) in [6.07, 6.45) is 2.37. The molecule has 0 aromatic carbocycles. The van der Waals surface area contributed by atoms with Crippen molar-refractivity contribution in [2.24, 2.45) is 0 Å². The van der Waals surface area contributed by atoms with E-state index >= 15 is 0 Å². The third kappa shape index (κ3) is 3.91. The van der Waals surface area contributed by atoms with Gasteiger partial charge in [-0.05, 0) is 18.9 Å². The third-order valence-electron chi connectivity index (χ3n) is 3.19. The average Bonchev–Trinajstić information content (AvgIpc) is 2.37. The van der Waals surface area contributed by atoms with Gasteiger partial charge in [0.05, 0.1) is 34.2 Å². The zero-order chi connectivity index (χ0) is 15.7. The number of sulfone groups is 1. The molecule has 0 unspecified atom stereocenters. The Hall–Kier alpha value is -1.68. The second-order valence-corrected chi connectivity index (χ2v) is 9.03. The highest BCUT2D eigenvalue weighted by Crippen LogP contribution is 2.21. The molecule has 1 fully saturated rings. The van der Waals surface area contributed by atoms with Gasteiger partial charge in [-0.1, -0.05) is 0 Å². The highest BCUT2D eigenvalue weighted by molar-refractivity contribution is 7.94. The van der Waals surface area contributed by atoms with Crippen LogP contribution in [0.15, 0.2) is 18.5 Å². The van der Waals surface area contributed by atoms with E-state index in [-0.39, 0.29) is 35.6 Å². The molecule has 0 saturated carbocycles. The molecule has 0 bridgehead atoms. The molecule has 2 heterocycles. The number of pyridine rings is 1. The summed E-state index contributed by atoms with van der Waals surface area (Å²) in [4.78, 5) is 14.5. The molecule has 1 aromatic heterocycles. The molecule has 1 aliphatic rings. The van der Waals surface area contributed by atoms with Crippen LogP contribution in [0.25, 0.3) is 0 Å². The molecule has 116 valence electrons. The van der Waals surface area contributed by atoms with Gasteiger partial charge in [0, 0.05) is 6.20 Å². The van der Waals surface area contributed by atoms with Crippen LogP contribution >= 0.6 is 0 Å². The number of anilines is 1. The second-order valence-electron chi connectivity index (χ2n) is 4.77. The van der Waals surface area contributed by atoms with E-state index in [0.29, 0.717) is 0 Å². The van der Waals surface area contributed by atoms with Gasteiger partial charge in [0.15, 0.2) is 0 Å². The number of aromatic carboxylic acids is 1. The summed E-state index contributed by atoms with van der Waals surface area (Å²) in [6, 6.07) is 1.16. The molecule has 2 N–H and O–H groups in total. The predicted octanol–water partition coefficient (Wildman–Crippen LogP) is 0.0987. The van der Waals surface area contributed by atoms with Crippen molar-refractivity contribution in [2.45, 2.75) is 18.1 Å². The minimum atomic E-state index is -3.78. The lowest BCUT2D eigenvalue weighted by molar-refractivity contribution is 0.0696. The van der Waals surface area contributed by atoms with E-state index in [4.69, 9.17) is 5.11 Å². The minimum Gasteiger partial charge on any atom is -0.478 e. The lowest BCUT2D eigenvalue weighted by Gasteiger charge is -2.22. The normalized spacial score (nSPS) is 19.0. The maximum absolute atomic E-state index is 12.2. The number of rotatable bonds is 4. The van der Waals surface area contributed by atoms with Gasteiger partial charge in [0.1, 0.15) is 9.84 Å². The number of hydrogen-bond donors (Lipinski definition) is 2. The van der Waals surface area contributed by atoms with Gasteiger partial charge in [-0.25, -0.2) is 21.6 Å².